The topological polar surface area (TPSA) is 28.0 Å². The summed E-state index contributed by atoms with van der Waals surface area (Å²) in [5.41, 5.74) is -4.25. The molecule has 20 heavy (non-hydrogen) atoms. The van der Waals surface area contributed by atoms with Gasteiger partial charge in [-0.15, -0.1) is 0 Å². The molecule has 0 saturated carbocycles. The Morgan fingerprint density at radius 2 is 1.55 bits per heavy atom. The van der Waals surface area contributed by atoms with Gasteiger partial charge >= 0.3 is 18.0 Å². The van der Waals surface area contributed by atoms with Gasteiger partial charge in [0.15, 0.2) is 0 Å². The average molecular weight is 297 g/mol. The highest BCUT2D eigenvalue weighted by Gasteiger charge is 2.73. The first kappa shape index (κ1) is 14.6. The Kier molecular flexibility index (Phi) is 2.99. The Bertz CT molecular complexity index is 535. The summed E-state index contributed by atoms with van der Waals surface area (Å²) in [4.78, 5) is 6.78. The van der Waals surface area contributed by atoms with Crippen LogP contribution in [0.25, 0.3) is 0 Å². The van der Waals surface area contributed by atoms with Crippen molar-refractivity contribution in [1.29, 1.82) is 0 Å². The van der Waals surface area contributed by atoms with Gasteiger partial charge in [-0.1, -0.05) is 6.08 Å². The fraction of sp³-hybridized carbons (Fsp3) is 0.455. The monoisotopic (exact) mass is 297 g/mol. The van der Waals surface area contributed by atoms with Gasteiger partial charge in [0.05, 0.1) is 0 Å². The molecule has 2 aliphatic heterocycles. The molecule has 0 fully saturated rings. The van der Waals surface area contributed by atoms with E-state index in [9.17, 15) is 26.3 Å². The molecule has 3 nitrogen and oxygen atoms in total. The van der Waals surface area contributed by atoms with Gasteiger partial charge < -0.3 is 0 Å². The number of alkyl halides is 6. The first-order chi connectivity index (χ1) is 8.99. The molecule has 0 aromatic carbocycles. The molecule has 0 atom stereocenters. The van der Waals surface area contributed by atoms with Crippen molar-refractivity contribution in [3.05, 3.63) is 23.9 Å². The smallest absolute Gasteiger partial charge is 0.290 e. The van der Waals surface area contributed by atoms with Crippen LogP contribution in [0.2, 0.25) is 0 Å². The lowest BCUT2D eigenvalue weighted by molar-refractivity contribution is -0.292. The minimum atomic E-state index is -5.67. The van der Waals surface area contributed by atoms with Crippen molar-refractivity contribution in [1.82, 2.24) is 4.90 Å². The number of amidine groups is 2. The maximum atomic E-state index is 13.0. The van der Waals surface area contributed by atoms with Crippen LogP contribution in [0.5, 0.6) is 0 Å². The van der Waals surface area contributed by atoms with Gasteiger partial charge in [-0.05, 0) is 25.5 Å². The predicted octanol–water partition coefficient (Wildman–Crippen LogP) is 3.41. The number of hydrogen-bond donors (Lipinski definition) is 0. The second kappa shape index (κ2) is 4.10. The van der Waals surface area contributed by atoms with Gasteiger partial charge in [0, 0.05) is 6.20 Å². The van der Waals surface area contributed by atoms with Crippen molar-refractivity contribution in [3.8, 4) is 0 Å². The molecule has 0 aromatic rings. The summed E-state index contributed by atoms with van der Waals surface area (Å²) in [5, 5.41) is 0. The minimum absolute atomic E-state index is 0.194. The molecule has 0 N–H and O–H groups in total. The van der Waals surface area contributed by atoms with Gasteiger partial charge in [-0.2, -0.15) is 26.3 Å². The van der Waals surface area contributed by atoms with Crippen molar-refractivity contribution in [2.45, 2.75) is 31.9 Å². The van der Waals surface area contributed by atoms with E-state index in [4.69, 9.17) is 0 Å². The third-order valence-electron chi connectivity index (χ3n) is 2.89. The highest BCUT2D eigenvalue weighted by atomic mass is 19.4. The van der Waals surface area contributed by atoms with Crippen LogP contribution in [0.3, 0.4) is 0 Å². The second-order valence-corrected chi connectivity index (χ2v) is 4.32. The standard InChI is InChI=1S/C11H9F6N3/c1-6-4-3-5-20-7(2)18-9(10(12,13)14,11(15,16)17)19-8(6)20/h3-5H,1-2H3. The maximum absolute atomic E-state index is 13.0. The lowest BCUT2D eigenvalue weighted by Crippen LogP contribution is -2.58. The minimum Gasteiger partial charge on any atom is -0.290 e. The van der Waals surface area contributed by atoms with Gasteiger partial charge in [-0.3, -0.25) is 4.90 Å². The van der Waals surface area contributed by atoms with Crippen LogP contribution < -0.4 is 0 Å². The Balaban J connectivity index is 2.70. The molecule has 9 heteroatoms. The zero-order chi connectivity index (χ0) is 15.3. The molecular formula is C11H9F6N3. The van der Waals surface area contributed by atoms with Crippen LogP contribution in [0.15, 0.2) is 33.9 Å². The summed E-state index contributed by atoms with van der Waals surface area (Å²) < 4.78 is 77.8. The zero-order valence-corrected chi connectivity index (χ0v) is 10.3. The largest absolute Gasteiger partial charge is 0.443 e. The molecule has 110 valence electrons. The Morgan fingerprint density at radius 1 is 1.00 bits per heavy atom. The lowest BCUT2D eigenvalue weighted by atomic mass is 10.1. The van der Waals surface area contributed by atoms with Crippen LogP contribution in [0.1, 0.15) is 13.8 Å². The van der Waals surface area contributed by atoms with Crippen LogP contribution in [0, 0.1) is 0 Å². The predicted molar refractivity (Wildman–Crippen MR) is 60.1 cm³/mol. The highest BCUT2D eigenvalue weighted by molar-refractivity contribution is 6.11. The van der Waals surface area contributed by atoms with Gasteiger partial charge in [0.1, 0.15) is 11.7 Å². The number of rotatable bonds is 0. The molecule has 0 radical (unpaired) electrons. The van der Waals surface area contributed by atoms with E-state index < -0.39 is 29.7 Å². The van der Waals surface area contributed by atoms with Crippen molar-refractivity contribution in [3.63, 3.8) is 0 Å². The van der Waals surface area contributed by atoms with Crippen molar-refractivity contribution < 1.29 is 26.3 Å². The van der Waals surface area contributed by atoms with Crippen LogP contribution in [-0.4, -0.2) is 34.6 Å². The van der Waals surface area contributed by atoms with E-state index in [0.717, 1.165) is 11.8 Å². The number of aliphatic imine (C=N–C) groups is 2. The third-order valence-corrected chi connectivity index (χ3v) is 2.89. The Hall–Kier alpha value is -1.80. The highest BCUT2D eigenvalue weighted by Crippen LogP contribution is 2.49. The van der Waals surface area contributed by atoms with Crippen molar-refractivity contribution in [2.75, 3.05) is 0 Å². The van der Waals surface area contributed by atoms with Crippen LogP contribution in [0.4, 0.5) is 26.3 Å². The van der Waals surface area contributed by atoms with E-state index >= 15 is 0 Å². The van der Waals surface area contributed by atoms with Gasteiger partial charge in [0.25, 0.3) is 0 Å². The molecule has 0 saturated heterocycles. The molecule has 0 aromatic heterocycles. The molecule has 0 bridgehead atoms. The SMILES string of the molecule is CC1=CC=CN2C(C)=NC(C(F)(F)F)(C(F)(F)F)N=C12. The summed E-state index contributed by atoms with van der Waals surface area (Å²) >= 11 is 0. The first-order valence-electron chi connectivity index (χ1n) is 5.44. The summed E-state index contributed by atoms with van der Waals surface area (Å²) in [5.74, 6) is -0.831. The second-order valence-electron chi connectivity index (χ2n) is 4.32. The average Bonchev–Trinajstić information content (AvgIpc) is 2.27. The molecule has 2 rings (SSSR count). The molecule has 0 unspecified atom stereocenters. The molecule has 2 heterocycles. The normalized spacial score (nSPS) is 22.0. The van der Waals surface area contributed by atoms with Gasteiger partial charge in [0.2, 0.25) is 0 Å². The summed E-state index contributed by atoms with van der Waals surface area (Å²) in [6, 6.07) is 0. The van der Waals surface area contributed by atoms with E-state index in [2.05, 4.69) is 9.98 Å². The van der Waals surface area contributed by atoms with Crippen molar-refractivity contribution in [2.24, 2.45) is 9.98 Å². The van der Waals surface area contributed by atoms with E-state index in [1.54, 1.807) is 0 Å². The van der Waals surface area contributed by atoms with Crippen molar-refractivity contribution >= 4 is 11.7 Å². The number of fused-ring (bicyclic) bond motifs is 1. The van der Waals surface area contributed by atoms with Crippen LogP contribution >= 0.6 is 0 Å². The molecular weight excluding hydrogens is 288 g/mol. The van der Waals surface area contributed by atoms with E-state index in [-0.39, 0.29) is 5.57 Å². The molecule has 0 spiro atoms. The number of hydrogen-bond acceptors (Lipinski definition) is 3. The molecule has 0 amide bonds. The summed E-state index contributed by atoms with van der Waals surface area (Å²) in [7, 11) is 0. The van der Waals surface area contributed by atoms with E-state index in [0.29, 0.717) is 0 Å². The Labute approximate surface area is 110 Å². The van der Waals surface area contributed by atoms with Crippen LogP contribution in [-0.2, 0) is 0 Å². The fourth-order valence-corrected chi connectivity index (χ4v) is 1.89. The first-order valence-corrected chi connectivity index (χ1v) is 5.44. The molecule has 0 aliphatic carbocycles. The van der Waals surface area contributed by atoms with E-state index in [1.165, 1.54) is 25.3 Å². The maximum Gasteiger partial charge on any atom is 0.443 e. The molecule has 2 aliphatic rings. The zero-order valence-electron chi connectivity index (χ0n) is 10.3. The van der Waals surface area contributed by atoms with E-state index in [1.807, 2.05) is 0 Å². The fourth-order valence-electron chi connectivity index (χ4n) is 1.89. The van der Waals surface area contributed by atoms with Gasteiger partial charge in [-0.25, -0.2) is 9.98 Å². The summed E-state index contributed by atoms with van der Waals surface area (Å²) in [6.07, 6.45) is -7.17. The third kappa shape index (κ3) is 1.92. The number of nitrogens with zero attached hydrogens (tertiary/aromatic N) is 3. The number of halogens is 6. The Morgan fingerprint density at radius 3 is 2.05 bits per heavy atom. The summed E-state index contributed by atoms with van der Waals surface area (Å²) in [6.45, 7) is 2.45. The lowest BCUT2D eigenvalue weighted by Gasteiger charge is -2.38. The number of allylic oxidation sites excluding steroid dienone is 2. The quantitative estimate of drug-likeness (QED) is 0.630.